The van der Waals surface area contributed by atoms with Gasteiger partial charge in [-0.15, -0.1) is 0 Å². The third-order valence-electron chi connectivity index (χ3n) is 3.57. The Morgan fingerprint density at radius 1 is 1.12 bits per heavy atom. The first kappa shape index (κ1) is 17.2. The van der Waals surface area contributed by atoms with Crippen LogP contribution in [0.25, 0.3) is 0 Å². The minimum absolute atomic E-state index is 0.0156. The zero-order chi connectivity index (χ0) is 17.9. The third-order valence-corrected chi connectivity index (χ3v) is 4.99. The predicted octanol–water partition coefficient (Wildman–Crippen LogP) is 1.75. The summed E-state index contributed by atoms with van der Waals surface area (Å²) in [6, 6.07) is 11.5. The average molecular weight is 363 g/mol. The molecule has 2 aromatic carbocycles. The molecular formula is C17H17NO6S. The number of hydrogen-bond acceptors (Lipinski definition) is 6. The van der Waals surface area contributed by atoms with Gasteiger partial charge in [-0.05, 0) is 36.8 Å². The van der Waals surface area contributed by atoms with Crippen molar-refractivity contribution < 1.29 is 27.4 Å². The molecule has 2 aromatic rings. The van der Waals surface area contributed by atoms with Crippen molar-refractivity contribution in [1.82, 2.24) is 4.72 Å². The van der Waals surface area contributed by atoms with Crippen LogP contribution >= 0.6 is 0 Å². The molecule has 0 atom stereocenters. The highest BCUT2D eigenvalue weighted by molar-refractivity contribution is 7.89. The number of sulfonamides is 1. The van der Waals surface area contributed by atoms with Crippen molar-refractivity contribution in [1.29, 1.82) is 0 Å². The highest BCUT2D eigenvalue weighted by atomic mass is 32.2. The molecule has 25 heavy (non-hydrogen) atoms. The molecule has 8 heteroatoms. The molecule has 0 radical (unpaired) electrons. The number of nitrogens with one attached hydrogen (secondary N) is 1. The minimum atomic E-state index is -3.75. The summed E-state index contributed by atoms with van der Waals surface area (Å²) in [6.07, 6.45) is 0. The molecule has 0 unspecified atom stereocenters. The predicted molar refractivity (Wildman–Crippen MR) is 88.7 cm³/mol. The summed E-state index contributed by atoms with van der Waals surface area (Å²) in [7, 11) is -3.75. The largest absolute Gasteiger partial charge is 0.460 e. The molecule has 0 bridgehead atoms. The van der Waals surface area contributed by atoms with E-state index >= 15 is 0 Å². The van der Waals surface area contributed by atoms with E-state index in [1.54, 1.807) is 30.3 Å². The molecule has 132 valence electrons. The number of carbonyl (C=O) groups is 1. The second-order valence-electron chi connectivity index (χ2n) is 5.49. The number of benzene rings is 2. The van der Waals surface area contributed by atoms with Crippen molar-refractivity contribution in [3.05, 3.63) is 53.6 Å². The second kappa shape index (κ2) is 7.12. The first-order valence-corrected chi connectivity index (χ1v) is 9.03. The van der Waals surface area contributed by atoms with Crippen LogP contribution in [-0.4, -0.2) is 27.7 Å². The van der Waals surface area contributed by atoms with Crippen LogP contribution in [-0.2, 0) is 26.2 Å². The van der Waals surface area contributed by atoms with E-state index in [2.05, 4.69) is 4.72 Å². The Bertz CT molecular complexity index is 877. The van der Waals surface area contributed by atoms with Gasteiger partial charge >= 0.3 is 5.97 Å². The Morgan fingerprint density at radius 2 is 1.84 bits per heavy atom. The SMILES string of the molecule is Cc1ccc(S(=O)(=O)NCC(=O)OCc2ccc3c(c2)OCO3)cc1. The maximum absolute atomic E-state index is 12.1. The normalized spacial score (nSPS) is 12.8. The van der Waals surface area contributed by atoms with Crippen LogP contribution in [0.4, 0.5) is 0 Å². The van der Waals surface area contributed by atoms with Crippen LogP contribution in [0.3, 0.4) is 0 Å². The smallest absolute Gasteiger partial charge is 0.321 e. The molecule has 1 aliphatic rings. The summed E-state index contributed by atoms with van der Waals surface area (Å²) < 4.78 is 41.9. The van der Waals surface area contributed by atoms with Crippen molar-refractivity contribution in [3.8, 4) is 11.5 Å². The van der Waals surface area contributed by atoms with E-state index in [4.69, 9.17) is 14.2 Å². The fourth-order valence-electron chi connectivity index (χ4n) is 2.20. The lowest BCUT2D eigenvalue weighted by Gasteiger charge is -2.08. The lowest BCUT2D eigenvalue weighted by Crippen LogP contribution is -2.30. The molecular weight excluding hydrogens is 346 g/mol. The van der Waals surface area contributed by atoms with Gasteiger partial charge in [0.15, 0.2) is 11.5 Å². The maximum Gasteiger partial charge on any atom is 0.321 e. The van der Waals surface area contributed by atoms with Crippen molar-refractivity contribution in [3.63, 3.8) is 0 Å². The van der Waals surface area contributed by atoms with Crippen LogP contribution in [0.5, 0.6) is 11.5 Å². The van der Waals surface area contributed by atoms with Gasteiger partial charge in [-0.3, -0.25) is 4.79 Å². The standard InChI is InChI=1S/C17H17NO6S/c1-12-2-5-14(6-3-12)25(20,21)18-9-17(19)22-10-13-4-7-15-16(8-13)24-11-23-15/h2-8,18H,9-11H2,1H3. The number of fused-ring (bicyclic) bond motifs is 1. The quantitative estimate of drug-likeness (QED) is 0.786. The lowest BCUT2D eigenvalue weighted by atomic mass is 10.2. The van der Waals surface area contributed by atoms with Crippen LogP contribution in [0.15, 0.2) is 47.4 Å². The van der Waals surface area contributed by atoms with E-state index in [1.165, 1.54) is 12.1 Å². The zero-order valence-corrected chi connectivity index (χ0v) is 14.3. The summed E-state index contributed by atoms with van der Waals surface area (Å²) >= 11 is 0. The zero-order valence-electron chi connectivity index (χ0n) is 13.5. The molecule has 0 aromatic heterocycles. The molecule has 0 amide bonds. The van der Waals surface area contributed by atoms with E-state index in [0.29, 0.717) is 11.5 Å². The summed E-state index contributed by atoms with van der Waals surface area (Å²) in [5.74, 6) is 0.558. The summed E-state index contributed by atoms with van der Waals surface area (Å²) in [6.45, 7) is 1.60. The van der Waals surface area contributed by atoms with E-state index < -0.39 is 22.5 Å². The molecule has 0 aliphatic carbocycles. The van der Waals surface area contributed by atoms with E-state index in [1.807, 2.05) is 6.92 Å². The van der Waals surface area contributed by atoms with Crippen LogP contribution in [0, 0.1) is 6.92 Å². The molecule has 3 rings (SSSR count). The van der Waals surface area contributed by atoms with Crippen molar-refractivity contribution in [2.75, 3.05) is 13.3 Å². The van der Waals surface area contributed by atoms with Crippen molar-refractivity contribution in [2.24, 2.45) is 0 Å². The van der Waals surface area contributed by atoms with E-state index in [-0.39, 0.29) is 18.3 Å². The lowest BCUT2D eigenvalue weighted by molar-refractivity contribution is -0.143. The third kappa shape index (κ3) is 4.28. The molecule has 0 saturated carbocycles. The average Bonchev–Trinajstić information content (AvgIpc) is 3.06. The van der Waals surface area contributed by atoms with E-state index in [0.717, 1.165) is 11.1 Å². The number of ether oxygens (including phenoxy) is 3. The molecule has 7 nitrogen and oxygen atoms in total. The Hall–Kier alpha value is -2.58. The summed E-state index contributed by atoms with van der Waals surface area (Å²) in [4.78, 5) is 11.9. The second-order valence-corrected chi connectivity index (χ2v) is 7.25. The van der Waals surface area contributed by atoms with Crippen LogP contribution in [0.1, 0.15) is 11.1 Å². The molecule has 1 aliphatic heterocycles. The molecule has 1 N–H and O–H groups in total. The fraction of sp³-hybridized carbons (Fsp3) is 0.235. The van der Waals surface area contributed by atoms with Crippen LogP contribution in [0.2, 0.25) is 0 Å². The van der Waals surface area contributed by atoms with Gasteiger partial charge in [-0.2, -0.15) is 4.72 Å². The monoisotopic (exact) mass is 363 g/mol. The van der Waals surface area contributed by atoms with Gasteiger partial charge in [0.1, 0.15) is 13.2 Å². The number of hydrogen-bond donors (Lipinski definition) is 1. The Balaban J connectivity index is 1.52. The number of carbonyl (C=O) groups excluding carboxylic acids is 1. The molecule has 1 heterocycles. The number of aryl methyl sites for hydroxylation is 1. The maximum atomic E-state index is 12.1. The first-order valence-electron chi connectivity index (χ1n) is 7.54. The van der Waals surface area contributed by atoms with E-state index in [9.17, 15) is 13.2 Å². The first-order chi connectivity index (χ1) is 11.9. The number of rotatable bonds is 6. The topological polar surface area (TPSA) is 90.9 Å². The summed E-state index contributed by atoms with van der Waals surface area (Å²) in [5.41, 5.74) is 1.67. The van der Waals surface area contributed by atoms with Gasteiger partial charge in [0.25, 0.3) is 0 Å². The highest BCUT2D eigenvalue weighted by Gasteiger charge is 2.17. The molecule has 0 fully saturated rings. The van der Waals surface area contributed by atoms with Crippen molar-refractivity contribution in [2.45, 2.75) is 18.4 Å². The Labute approximate surface area is 145 Å². The number of esters is 1. The highest BCUT2D eigenvalue weighted by Crippen LogP contribution is 2.32. The Kier molecular flexibility index (Phi) is 4.91. The molecule has 0 saturated heterocycles. The Morgan fingerprint density at radius 3 is 2.60 bits per heavy atom. The fourth-order valence-corrected chi connectivity index (χ4v) is 3.17. The molecule has 0 spiro atoms. The van der Waals surface area contributed by atoms with Crippen molar-refractivity contribution >= 4 is 16.0 Å². The summed E-state index contributed by atoms with van der Waals surface area (Å²) in [5, 5.41) is 0. The van der Waals surface area contributed by atoms with Gasteiger partial charge in [0.2, 0.25) is 16.8 Å². The van der Waals surface area contributed by atoms with Gasteiger partial charge < -0.3 is 14.2 Å². The minimum Gasteiger partial charge on any atom is -0.460 e. The van der Waals surface area contributed by atoms with Gasteiger partial charge in [0.05, 0.1) is 4.90 Å². The van der Waals surface area contributed by atoms with Gasteiger partial charge in [-0.1, -0.05) is 23.8 Å². The van der Waals surface area contributed by atoms with Gasteiger partial charge in [-0.25, -0.2) is 8.42 Å². The van der Waals surface area contributed by atoms with Crippen LogP contribution < -0.4 is 14.2 Å². The van der Waals surface area contributed by atoms with Gasteiger partial charge in [0, 0.05) is 0 Å².